The van der Waals surface area contributed by atoms with Gasteiger partial charge in [0.25, 0.3) is 0 Å². The molecule has 1 aromatic rings. The van der Waals surface area contributed by atoms with Crippen molar-refractivity contribution in [2.75, 3.05) is 0 Å². The number of nitrogens with zero attached hydrogens (tertiary/aromatic N) is 1. The molecule has 0 heterocycles. The van der Waals surface area contributed by atoms with Crippen molar-refractivity contribution >= 4 is 15.7 Å². The molecule has 0 aliphatic heterocycles. The van der Waals surface area contributed by atoms with Crippen LogP contribution in [-0.4, -0.2) is 19.4 Å². The van der Waals surface area contributed by atoms with Crippen molar-refractivity contribution in [1.82, 2.24) is 4.72 Å². The third kappa shape index (κ3) is 4.24. The van der Waals surface area contributed by atoms with E-state index in [0.717, 1.165) is 12.1 Å². The standard InChI is InChI=1S/C12H17FN2O4S/c1-8(2)6-9(3)14-20(18,19)10-4-5-12(15(16)17)11(13)7-10/h4-5,7-9,14H,6H2,1-3H3. The molecule has 0 aromatic heterocycles. The molecule has 0 saturated heterocycles. The third-order valence-corrected chi connectivity index (χ3v) is 4.19. The van der Waals surface area contributed by atoms with Crippen LogP contribution < -0.4 is 4.72 Å². The van der Waals surface area contributed by atoms with E-state index in [1.807, 2.05) is 13.8 Å². The van der Waals surface area contributed by atoms with Crippen molar-refractivity contribution < 1.29 is 17.7 Å². The summed E-state index contributed by atoms with van der Waals surface area (Å²) in [5.74, 6) is -0.865. The molecule has 0 bridgehead atoms. The first-order chi connectivity index (χ1) is 9.13. The second-order valence-corrected chi connectivity index (χ2v) is 6.74. The average Bonchev–Trinajstić information content (AvgIpc) is 2.25. The predicted octanol–water partition coefficient (Wildman–Crippen LogP) is 2.45. The summed E-state index contributed by atoms with van der Waals surface area (Å²) >= 11 is 0. The molecule has 8 heteroatoms. The predicted molar refractivity (Wildman–Crippen MR) is 72.3 cm³/mol. The molecule has 1 N–H and O–H groups in total. The van der Waals surface area contributed by atoms with Crippen LogP contribution in [-0.2, 0) is 10.0 Å². The van der Waals surface area contributed by atoms with Gasteiger partial charge in [-0.1, -0.05) is 13.8 Å². The molecular weight excluding hydrogens is 287 g/mol. The Hall–Kier alpha value is -1.54. The number of nitrogens with one attached hydrogen (secondary N) is 1. The summed E-state index contributed by atoms with van der Waals surface area (Å²) in [6, 6.07) is 2.21. The Morgan fingerprint density at radius 2 is 1.95 bits per heavy atom. The first-order valence-electron chi connectivity index (χ1n) is 6.09. The van der Waals surface area contributed by atoms with E-state index in [0.29, 0.717) is 18.4 Å². The smallest absolute Gasteiger partial charge is 0.258 e. The fourth-order valence-corrected chi connectivity index (χ4v) is 3.16. The van der Waals surface area contributed by atoms with E-state index in [1.165, 1.54) is 0 Å². The van der Waals surface area contributed by atoms with E-state index in [2.05, 4.69) is 4.72 Å². The maximum Gasteiger partial charge on any atom is 0.304 e. The molecule has 20 heavy (non-hydrogen) atoms. The highest BCUT2D eigenvalue weighted by Gasteiger charge is 2.22. The number of benzene rings is 1. The van der Waals surface area contributed by atoms with Crippen molar-refractivity contribution in [2.24, 2.45) is 5.92 Å². The summed E-state index contributed by atoms with van der Waals surface area (Å²) in [5.41, 5.74) is -0.751. The second-order valence-electron chi connectivity index (χ2n) is 5.02. The van der Waals surface area contributed by atoms with E-state index >= 15 is 0 Å². The average molecular weight is 304 g/mol. The summed E-state index contributed by atoms with van der Waals surface area (Å²) in [7, 11) is -3.88. The molecule has 0 aliphatic rings. The fraction of sp³-hybridized carbons (Fsp3) is 0.500. The van der Waals surface area contributed by atoms with Gasteiger partial charge in [-0.05, 0) is 25.3 Å². The Labute approximate surface area is 117 Å². The quantitative estimate of drug-likeness (QED) is 0.645. The molecule has 0 fully saturated rings. The molecule has 112 valence electrons. The maximum absolute atomic E-state index is 13.4. The number of hydrogen-bond acceptors (Lipinski definition) is 4. The van der Waals surface area contributed by atoms with Gasteiger partial charge in [0.2, 0.25) is 15.8 Å². The number of sulfonamides is 1. The van der Waals surface area contributed by atoms with Gasteiger partial charge in [-0.15, -0.1) is 0 Å². The molecular formula is C12H17FN2O4S. The van der Waals surface area contributed by atoms with Gasteiger partial charge in [0, 0.05) is 18.2 Å². The molecule has 0 saturated carbocycles. The normalized spacial score (nSPS) is 13.4. The lowest BCUT2D eigenvalue weighted by Crippen LogP contribution is -2.33. The maximum atomic E-state index is 13.4. The molecule has 1 unspecified atom stereocenters. The third-order valence-electron chi connectivity index (χ3n) is 2.61. The molecule has 6 nitrogen and oxygen atoms in total. The van der Waals surface area contributed by atoms with Crippen LogP contribution in [0.5, 0.6) is 0 Å². The topological polar surface area (TPSA) is 89.3 Å². The van der Waals surface area contributed by atoms with E-state index in [9.17, 15) is 22.9 Å². The fourth-order valence-electron chi connectivity index (χ4n) is 1.89. The molecule has 0 spiro atoms. The Kier molecular flexibility index (Phi) is 5.18. The van der Waals surface area contributed by atoms with Crippen LogP contribution in [0.4, 0.5) is 10.1 Å². The first kappa shape index (κ1) is 16.5. The molecule has 0 amide bonds. The van der Waals surface area contributed by atoms with Crippen LogP contribution in [0.3, 0.4) is 0 Å². The van der Waals surface area contributed by atoms with Gasteiger partial charge < -0.3 is 0 Å². The highest BCUT2D eigenvalue weighted by atomic mass is 32.2. The molecule has 1 atom stereocenters. The summed E-state index contributed by atoms with van der Waals surface area (Å²) in [6.07, 6.45) is 0.634. The number of hydrogen-bond donors (Lipinski definition) is 1. The monoisotopic (exact) mass is 304 g/mol. The van der Waals surface area contributed by atoms with E-state index in [1.54, 1.807) is 6.92 Å². The van der Waals surface area contributed by atoms with E-state index in [-0.39, 0.29) is 10.9 Å². The second kappa shape index (κ2) is 6.27. The van der Waals surface area contributed by atoms with Gasteiger partial charge in [0.15, 0.2) is 0 Å². The Bertz CT molecular complexity index is 601. The zero-order valence-electron chi connectivity index (χ0n) is 11.5. The summed E-state index contributed by atoms with van der Waals surface area (Å²) < 4.78 is 39.9. The van der Waals surface area contributed by atoms with Crippen LogP contribution in [0.2, 0.25) is 0 Å². The van der Waals surface area contributed by atoms with Gasteiger partial charge in [-0.3, -0.25) is 10.1 Å². The minimum absolute atomic E-state index is 0.307. The lowest BCUT2D eigenvalue weighted by Gasteiger charge is -2.16. The van der Waals surface area contributed by atoms with Gasteiger partial charge in [0.05, 0.1) is 9.82 Å². The van der Waals surface area contributed by atoms with Crippen molar-refractivity contribution in [1.29, 1.82) is 0 Å². The van der Waals surface area contributed by atoms with Crippen molar-refractivity contribution in [3.05, 3.63) is 34.1 Å². The van der Waals surface area contributed by atoms with E-state index < -0.39 is 26.5 Å². The Morgan fingerprint density at radius 3 is 2.40 bits per heavy atom. The summed E-state index contributed by atoms with van der Waals surface area (Å²) in [6.45, 7) is 5.62. The summed E-state index contributed by atoms with van der Waals surface area (Å²) in [5, 5.41) is 10.5. The zero-order valence-corrected chi connectivity index (χ0v) is 12.3. The largest absolute Gasteiger partial charge is 0.304 e. The molecule has 1 rings (SSSR count). The number of halogens is 1. The van der Waals surface area contributed by atoms with Crippen molar-refractivity contribution in [3.8, 4) is 0 Å². The highest BCUT2D eigenvalue weighted by molar-refractivity contribution is 7.89. The summed E-state index contributed by atoms with van der Waals surface area (Å²) in [4.78, 5) is 9.26. The van der Waals surface area contributed by atoms with Crippen molar-refractivity contribution in [2.45, 2.75) is 38.1 Å². The molecule has 0 radical (unpaired) electrons. The Morgan fingerprint density at radius 1 is 1.35 bits per heavy atom. The zero-order chi connectivity index (χ0) is 15.5. The minimum atomic E-state index is -3.88. The van der Waals surface area contributed by atoms with Gasteiger partial charge >= 0.3 is 5.69 Å². The number of nitro benzene ring substituents is 1. The molecule has 1 aromatic carbocycles. The van der Waals surface area contributed by atoms with Gasteiger partial charge in [-0.2, -0.15) is 4.39 Å². The number of nitro groups is 1. The SMILES string of the molecule is CC(C)CC(C)NS(=O)(=O)c1ccc([N+](=O)[O-])c(F)c1. The lowest BCUT2D eigenvalue weighted by atomic mass is 10.1. The van der Waals surface area contributed by atoms with Crippen LogP contribution in [0.15, 0.2) is 23.1 Å². The van der Waals surface area contributed by atoms with Crippen LogP contribution in [0, 0.1) is 21.8 Å². The van der Waals surface area contributed by atoms with Crippen LogP contribution >= 0.6 is 0 Å². The van der Waals surface area contributed by atoms with Gasteiger partial charge in [0.1, 0.15) is 0 Å². The van der Waals surface area contributed by atoms with Gasteiger partial charge in [-0.25, -0.2) is 13.1 Å². The lowest BCUT2D eigenvalue weighted by molar-refractivity contribution is -0.387. The number of rotatable bonds is 6. The van der Waals surface area contributed by atoms with Crippen LogP contribution in [0.25, 0.3) is 0 Å². The highest BCUT2D eigenvalue weighted by Crippen LogP contribution is 2.21. The molecule has 0 aliphatic carbocycles. The van der Waals surface area contributed by atoms with E-state index in [4.69, 9.17) is 0 Å². The minimum Gasteiger partial charge on any atom is -0.258 e. The van der Waals surface area contributed by atoms with Crippen LogP contribution in [0.1, 0.15) is 27.2 Å². The Balaban J connectivity index is 2.99. The van der Waals surface area contributed by atoms with Crippen molar-refractivity contribution in [3.63, 3.8) is 0 Å². The first-order valence-corrected chi connectivity index (χ1v) is 7.58.